The molecule has 0 aliphatic carbocycles. The molecule has 0 saturated carbocycles. The first kappa shape index (κ1) is 13.9. The Balaban J connectivity index is 2.39. The second-order valence-electron chi connectivity index (χ2n) is 5.20. The SMILES string of the molecule is CC(C)n1c(-c2c(O)cccc2O)nc2cc(Br)ccc21. The molecule has 0 aliphatic rings. The lowest BCUT2D eigenvalue weighted by molar-refractivity contribution is 0.452. The lowest BCUT2D eigenvalue weighted by Gasteiger charge is -2.14. The summed E-state index contributed by atoms with van der Waals surface area (Å²) in [4.78, 5) is 4.60. The van der Waals surface area contributed by atoms with Crippen molar-refractivity contribution in [3.05, 3.63) is 40.9 Å². The highest BCUT2D eigenvalue weighted by Crippen LogP contribution is 2.39. The Morgan fingerprint density at radius 1 is 1.10 bits per heavy atom. The van der Waals surface area contributed by atoms with Crippen molar-refractivity contribution < 1.29 is 10.2 Å². The number of imidazole rings is 1. The van der Waals surface area contributed by atoms with Gasteiger partial charge < -0.3 is 14.8 Å². The van der Waals surface area contributed by atoms with Gasteiger partial charge in [-0.3, -0.25) is 0 Å². The molecule has 0 amide bonds. The third-order valence-electron chi connectivity index (χ3n) is 3.41. The second kappa shape index (κ2) is 5.07. The molecule has 0 radical (unpaired) electrons. The first-order chi connectivity index (χ1) is 9.99. The molecule has 0 atom stereocenters. The number of phenols is 2. The molecular weight excluding hydrogens is 332 g/mol. The van der Waals surface area contributed by atoms with E-state index in [-0.39, 0.29) is 17.5 Å². The van der Waals surface area contributed by atoms with Crippen LogP contribution in [0.5, 0.6) is 11.5 Å². The van der Waals surface area contributed by atoms with Gasteiger partial charge in [0.2, 0.25) is 0 Å². The molecule has 108 valence electrons. The quantitative estimate of drug-likeness (QED) is 0.720. The Bertz CT molecular complexity index is 804. The molecule has 21 heavy (non-hydrogen) atoms. The summed E-state index contributed by atoms with van der Waals surface area (Å²) in [6.45, 7) is 4.09. The highest BCUT2D eigenvalue weighted by atomic mass is 79.9. The average molecular weight is 347 g/mol. The van der Waals surface area contributed by atoms with Gasteiger partial charge in [0, 0.05) is 10.5 Å². The largest absolute Gasteiger partial charge is 0.507 e. The van der Waals surface area contributed by atoms with E-state index in [0.29, 0.717) is 11.4 Å². The van der Waals surface area contributed by atoms with E-state index in [1.807, 2.05) is 36.6 Å². The summed E-state index contributed by atoms with van der Waals surface area (Å²) >= 11 is 3.44. The van der Waals surface area contributed by atoms with Crippen LogP contribution in [0.2, 0.25) is 0 Å². The fourth-order valence-electron chi connectivity index (χ4n) is 2.53. The van der Waals surface area contributed by atoms with Crippen LogP contribution in [0.15, 0.2) is 40.9 Å². The Labute approximate surface area is 130 Å². The smallest absolute Gasteiger partial charge is 0.148 e. The Morgan fingerprint density at radius 2 is 1.76 bits per heavy atom. The van der Waals surface area contributed by atoms with Crippen molar-refractivity contribution in [2.24, 2.45) is 0 Å². The molecule has 0 aliphatic heterocycles. The molecule has 3 aromatic rings. The van der Waals surface area contributed by atoms with E-state index in [1.165, 1.54) is 0 Å². The van der Waals surface area contributed by atoms with E-state index in [0.717, 1.165) is 15.5 Å². The summed E-state index contributed by atoms with van der Waals surface area (Å²) in [5.41, 5.74) is 2.14. The molecule has 2 N–H and O–H groups in total. The van der Waals surface area contributed by atoms with Gasteiger partial charge in [-0.05, 0) is 44.2 Å². The van der Waals surface area contributed by atoms with E-state index in [1.54, 1.807) is 18.2 Å². The summed E-state index contributed by atoms with van der Waals surface area (Å²) in [5, 5.41) is 20.2. The van der Waals surface area contributed by atoms with Crippen molar-refractivity contribution in [1.29, 1.82) is 0 Å². The van der Waals surface area contributed by atoms with Crippen LogP contribution >= 0.6 is 15.9 Å². The lowest BCUT2D eigenvalue weighted by atomic mass is 10.1. The molecule has 0 saturated heterocycles. The monoisotopic (exact) mass is 346 g/mol. The highest BCUT2D eigenvalue weighted by molar-refractivity contribution is 9.10. The van der Waals surface area contributed by atoms with Crippen molar-refractivity contribution >= 4 is 27.0 Å². The van der Waals surface area contributed by atoms with E-state index in [4.69, 9.17) is 0 Å². The predicted molar refractivity (Wildman–Crippen MR) is 86.6 cm³/mol. The van der Waals surface area contributed by atoms with E-state index < -0.39 is 0 Å². The molecular formula is C16H15BrN2O2. The van der Waals surface area contributed by atoms with Crippen molar-refractivity contribution in [3.63, 3.8) is 0 Å². The van der Waals surface area contributed by atoms with Crippen molar-refractivity contribution in [2.45, 2.75) is 19.9 Å². The maximum atomic E-state index is 10.1. The minimum absolute atomic E-state index is 0.0197. The molecule has 0 fully saturated rings. The van der Waals surface area contributed by atoms with Crippen LogP contribution in [0.3, 0.4) is 0 Å². The maximum absolute atomic E-state index is 10.1. The molecule has 2 aromatic carbocycles. The molecule has 3 rings (SSSR count). The molecule has 0 unspecified atom stereocenters. The number of aromatic hydroxyl groups is 2. The predicted octanol–water partition coefficient (Wildman–Crippen LogP) is 4.46. The number of nitrogens with zero attached hydrogens (tertiary/aromatic N) is 2. The van der Waals surface area contributed by atoms with Gasteiger partial charge in [0.15, 0.2) is 0 Å². The first-order valence-electron chi connectivity index (χ1n) is 6.68. The third kappa shape index (κ3) is 2.27. The van der Waals surface area contributed by atoms with Crippen molar-refractivity contribution in [1.82, 2.24) is 9.55 Å². The number of fused-ring (bicyclic) bond motifs is 1. The molecule has 5 heteroatoms. The van der Waals surface area contributed by atoms with Gasteiger partial charge >= 0.3 is 0 Å². The zero-order valence-corrected chi connectivity index (χ0v) is 13.3. The normalized spacial score (nSPS) is 11.4. The van der Waals surface area contributed by atoms with Crippen molar-refractivity contribution in [3.8, 4) is 22.9 Å². The second-order valence-corrected chi connectivity index (χ2v) is 6.12. The van der Waals surface area contributed by atoms with Crippen LogP contribution in [-0.2, 0) is 0 Å². The molecule has 4 nitrogen and oxygen atoms in total. The number of hydrogen-bond acceptors (Lipinski definition) is 3. The van der Waals surface area contributed by atoms with E-state index in [2.05, 4.69) is 20.9 Å². The van der Waals surface area contributed by atoms with Gasteiger partial charge in [-0.15, -0.1) is 0 Å². The Hall–Kier alpha value is -2.01. The zero-order chi connectivity index (χ0) is 15.1. The van der Waals surface area contributed by atoms with Crippen molar-refractivity contribution in [2.75, 3.05) is 0 Å². The van der Waals surface area contributed by atoms with Gasteiger partial charge in [-0.1, -0.05) is 22.0 Å². The van der Waals surface area contributed by atoms with Gasteiger partial charge in [-0.2, -0.15) is 0 Å². The van der Waals surface area contributed by atoms with Gasteiger partial charge in [-0.25, -0.2) is 4.98 Å². The number of halogens is 1. The van der Waals surface area contributed by atoms with Crippen LogP contribution < -0.4 is 0 Å². The summed E-state index contributed by atoms with van der Waals surface area (Å²) in [6.07, 6.45) is 0. The minimum Gasteiger partial charge on any atom is -0.507 e. The summed E-state index contributed by atoms with van der Waals surface area (Å²) in [7, 11) is 0. The van der Waals surface area contributed by atoms with E-state index in [9.17, 15) is 10.2 Å². The Morgan fingerprint density at radius 3 is 2.38 bits per heavy atom. The van der Waals surface area contributed by atoms with Gasteiger partial charge in [0.05, 0.1) is 11.0 Å². The van der Waals surface area contributed by atoms with Gasteiger partial charge in [0.25, 0.3) is 0 Å². The van der Waals surface area contributed by atoms with Crippen LogP contribution in [0.4, 0.5) is 0 Å². The van der Waals surface area contributed by atoms with Crippen LogP contribution in [0.1, 0.15) is 19.9 Å². The topological polar surface area (TPSA) is 58.3 Å². The van der Waals surface area contributed by atoms with Gasteiger partial charge in [0.1, 0.15) is 22.9 Å². The van der Waals surface area contributed by atoms with Crippen LogP contribution in [0, 0.1) is 0 Å². The number of rotatable bonds is 2. The fraction of sp³-hybridized carbons (Fsp3) is 0.188. The Kier molecular flexibility index (Phi) is 3.37. The maximum Gasteiger partial charge on any atom is 0.148 e. The average Bonchev–Trinajstić information content (AvgIpc) is 2.76. The molecule has 1 heterocycles. The first-order valence-corrected chi connectivity index (χ1v) is 7.47. The molecule has 0 spiro atoms. The minimum atomic E-state index is 0.0197. The fourth-order valence-corrected chi connectivity index (χ4v) is 2.88. The summed E-state index contributed by atoms with van der Waals surface area (Å²) in [6, 6.07) is 10.7. The molecule has 1 aromatic heterocycles. The zero-order valence-electron chi connectivity index (χ0n) is 11.7. The standard InChI is InChI=1S/C16H15BrN2O2/c1-9(2)19-12-7-6-10(17)8-11(12)18-16(19)15-13(20)4-3-5-14(15)21/h3-9,20-21H,1-2H3. The number of hydrogen-bond donors (Lipinski definition) is 2. The number of phenolic OH excluding ortho intramolecular Hbond substituents is 2. The highest BCUT2D eigenvalue weighted by Gasteiger charge is 2.20. The molecule has 0 bridgehead atoms. The lowest BCUT2D eigenvalue weighted by Crippen LogP contribution is -2.03. The van der Waals surface area contributed by atoms with Crippen LogP contribution in [-0.4, -0.2) is 19.8 Å². The van der Waals surface area contributed by atoms with E-state index >= 15 is 0 Å². The summed E-state index contributed by atoms with van der Waals surface area (Å²) in [5.74, 6) is 0.603. The number of benzene rings is 2. The number of aromatic nitrogens is 2. The third-order valence-corrected chi connectivity index (χ3v) is 3.91. The summed E-state index contributed by atoms with van der Waals surface area (Å²) < 4.78 is 2.95. The van der Waals surface area contributed by atoms with Crippen LogP contribution in [0.25, 0.3) is 22.4 Å².